The molecule has 0 amide bonds. The Labute approximate surface area is 121 Å². The summed E-state index contributed by atoms with van der Waals surface area (Å²) in [5, 5.41) is 3.13. The van der Waals surface area contributed by atoms with Gasteiger partial charge < -0.3 is 20.7 Å². The Morgan fingerprint density at radius 2 is 2.00 bits per heavy atom. The maximum atomic E-state index is 5.92. The number of ether oxygens (including phenoxy) is 1. The molecule has 0 unspecified atom stereocenters. The third-order valence-electron chi connectivity index (χ3n) is 3.17. The monoisotopic (exact) mass is 278 g/mol. The zero-order chi connectivity index (χ0) is 14.8. The van der Waals surface area contributed by atoms with E-state index in [-0.39, 0.29) is 0 Å². The van der Waals surface area contributed by atoms with Crippen molar-refractivity contribution in [2.45, 2.75) is 20.5 Å². The lowest BCUT2D eigenvalue weighted by atomic mass is 10.2. The average molecular weight is 278 g/mol. The lowest BCUT2D eigenvalue weighted by molar-refractivity contribution is 0.185. The fourth-order valence-corrected chi connectivity index (χ4v) is 1.95. The molecule has 1 rings (SSSR count). The normalized spacial score (nSPS) is 11.9. The minimum Gasteiger partial charge on any atom is -0.380 e. The number of benzene rings is 1. The van der Waals surface area contributed by atoms with Crippen LogP contribution in [0.15, 0.2) is 29.3 Å². The van der Waals surface area contributed by atoms with Gasteiger partial charge in [-0.25, -0.2) is 0 Å². The third-order valence-corrected chi connectivity index (χ3v) is 3.17. The Morgan fingerprint density at radius 1 is 1.30 bits per heavy atom. The maximum absolute atomic E-state index is 5.92. The van der Waals surface area contributed by atoms with Gasteiger partial charge in [-0.3, -0.25) is 4.99 Å². The highest BCUT2D eigenvalue weighted by molar-refractivity contribution is 5.92. The van der Waals surface area contributed by atoms with Crippen LogP contribution in [0.1, 0.15) is 19.4 Å². The van der Waals surface area contributed by atoms with Crippen LogP contribution in [0, 0.1) is 0 Å². The molecule has 0 radical (unpaired) electrons. The summed E-state index contributed by atoms with van der Waals surface area (Å²) in [6, 6.07) is 7.92. The van der Waals surface area contributed by atoms with Crippen LogP contribution in [-0.4, -0.2) is 44.1 Å². The van der Waals surface area contributed by atoms with Crippen molar-refractivity contribution < 1.29 is 4.74 Å². The standard InChI is InChI=1S/C15H26N4O/c1-4-19(5-2)11-10-17-15(16)18-14-9-7-6-8-13(14)12-20-3/h6-9H,4-5,10-12H2,1-3H3,(H3,16,17,18). The minimum absolute atomic E-state index is 0.445. The molecule has 0 saturated carbocycles. The Balaban J connectivity index is 2.54. The van der Waals surface area contributed by atoms with E-state index in [4.69, 9.17) is 10.5 Å². The number of aliphatic imine (C=N–C) groups is 1. The van der Waals surface area contributed by atoms with E-state index in [2.05, 4.69) is 29.1 Å². The number of nitrogens with two attached hydrogens (primary N) is 1. The van der Waals surface area contributed by atoms with Gasteiger partial charge in [-0.2, -0.15) is 0 Å². The van der Waals surface area contributed by atoms with Crippen molar-refractivity contribution >= 4 is 11.6 Å². The quantitative estimate of drug-likeness (QED) is 0.563. The second-order valence-corrected chi connectivity index (χ2v) is 4.51. The number of guanidine groups is 1. The van der Waals surface area contributed by atoms with Crippen molar-refractivity contribution in [3.05, 3.63) is 29.8 Å². The van der Waals surface area contributed by atoms with Gasteiger partial charge in [-0.05, 0) is 19.2 Å². The fraction of sp³-hybridized carbons (Fsp3) is 0.533. The molecular weight excluding hydrogens is 252 g/mol. The lowest BCUT2D eigenvalue weighted by Gasteiger charge is -2.16. The first-order chi connectivity index (χ1) is 9.71. The summed E-state index contributed by atoms with van der Waals surface area (Å²) in [6.45, 7) is 8.55. The van der Waals surface area contributed by atoms with Crippen LogP contribution < -0.4 is 11.1 Å². The van der Waals surface area contributed by atoms with Gasteiger partial charge in [0.2, 0.25) is 0 Å². The van der Waals surface area contributed by atoms with Crippen LogP contribution >= 0.6 is 0 Å². The topological polar surface area (TPSA) is 62.9 Å². The van der Waals surface area contributed by atoms with E-state index in [9.17, 15) is 0 Å². The highest BCUT2D eigenvalue weighted by Crippen LogP contribution is 2.15. The molecule has 0 aromatic heterocycles. The van der Waals surface area contributed by atoms with Crippen molar-refractivity contribution in [1.82, 2.24) is 4.90 Å². The highest BCUT2D eigenvalue weighted by atomic mass is 16.5. The third kappa shape index (κ3) is 5.59. The summed E-state index contributed by atoms with van der Waals surface area (Å²) in [6.07, 6.45) is 0. The number of likely N-dealkylation sites (N-methyl/N-ethyl adjacent to an activating group) is 1. The number of para-hydroxylation sites is 1. The molecule has 0 aliphatic carbocycles. The molecule has 0 spiro atoms. The van der Waals surface area contributed by atoms with Gasteiger partial charge in [0, 0.05) is 24.9 Å². The molecule has 5 nitrogen and oxygen atoms in total. The van der Waals surface area contributed by atoms with Crippen LogP contribution in [-0.2, 0) is 11.3 Å². The van der Waals surface area contributed by atoms with Gasteiger partial charge in [0.1, 0.15) is 0 Å². The average Bonchev–Trinajstić information content (AvgIpc) is 2.46. The Kier molecular flexibility index (Phi) is 7.69. The number of hydrogen-bond donors (Lipinski definition) is 2. The molecule has 3 N–H and O–H groups in total. The molecule has 0 heterocycles. The smallest absolute Gasteiger partial charge is 0.193 e. The molecular formula is C15H26N4O. The molecule has 0 aliphatic rings. The van der Waals surface area contributed by atoms with Crippen LogP contribution in [0.5, 0.6) is 0 Å². The highest BCUT2D eigenvalue weighted by Gasteiger charge is 2.02. The van der Waals surface area contributed by atoms with Gasteiger partial charge in [0.15, 0.2) is 5.96 Å². The molecule has 1 aromatic carbocycles. The summed E-state index contributed by atoms with van der Waals surface area (Å²) in [5.74, 6) is 0.445. The van der Waals surface area contributed by atoms with E-state index < -0.39 is 0 Å². The van der Waals surface area contributed by atoms with Gasteiger partial charge in [-0.15, -0.1) is 0 Å². The second kappa shape index (κ2) is 9.34. The summed E-state index contributed by atoms with van der Waals surface area (Å²) < 4.78 is 5.16. The molecule has 20 heavy (non-hydrogen) atoms. The van der Waals surface area contributed by atoms with Crippen LogP contribution in [0.2, 0.25) is 0 Å². The van der Waals surface area contributed by atoms with E-state index in [1.165, 1.54) is 0 Å². The molecule has 0 saturated heterocycles. The summed E-state index contributed by atoms with van der Waals surface area (Å²) >= 11 is 0. The van der Waals surface area contributed by atoms with Crippen LogP contribution in [0.3, 0.4) is 0 Å². The molecule has 0 fully saturated rings. The zero-order valence-electron chi connectivity index (χ0n) is 12.7. The van der Waals surface area contributed by atoms with Crippen molar-refractivity contribution in [1.29, 1.82) is 0 Å². The first-order valence-corrected chi connectivity index (χ1v) is 7.07. The number of nitrogens with zero attached hydrogens (tertiary/aromatic N) is 2. The molecule has 112 valence electrons. The maximum Gasteiger partial charge on any atom is 0.193 e. The van der Waals surface area contributed by atoms with E-state index in [1.807, 2.05) is 24.3 Å². The van der Waals surface area contributed by atoms with Crippen molar-refractivity contribution in [3.63, 3.8) is 0 Å². The lowest BCUT2D eigenvalue weighted by Crippen LogP contribution is -2.28. The van der Waals surface area contributed by atoms with E-state index in [0.29, 0.717) is 19.1 Å². The Bertz CT molecular complexity index is 416. The Morgan fingerprint density at radius 3 is 2.65 bits per heavy atom. The second-order valence-electron chi connectivity index (χ2n) is 4.51. The molecule has 0 atom stereocenters. The molecule has 0 aliphatic heterocycles. The molecule has 1 aromatic rings. The van der Waals surface area contributed by atoms with Crippen LogP contribution in [0.4, 0.5) is 5.69 Å². The van der Waals surface area contributed by atoms with Crippen molar-refractivity contribution in [3.8, 4) is 0 Å². The summed E-state index contributed by atoms with van der Waals surface area (Å²) in [5.41, 5.74) is 7.93. The predicted molar refractivity (Wildman–Crippen MR) is 85.1 cm³/mol. The van der Waals surface area contributed by atoms with Gasteiger partial charge >= 0.3 is 0 Å². The first-order valence-electron chi connectivity index (χ1n) is 7.07. The number of methoxy groups -OCH3 is 1. The number of rotatable bonds is 8. The predicted octanol–water partition coefficient (Wildman–Crippen LogP) is 1.90. The van der Waals surface area contributed by atoms with Crippen LogP contribution in [0.25, 0.3) is 0 Å². The first kappa shape index (κ1) is 16.5. The number of hydrogen-bond acceptors (Lipinski definition) is 3. The van der Waals surface area contributed by atoms with E-state index >= 15 is 0 Å². The molecule has 0 bridgehead atoms. The van der Waals surface area contributed by atoms with Crippen molar-refractivity contribution in [2.75, 3.05) is 38.6 Å². The Hall–Kier alpha value is -1.59. The summed E-state index contributed by atoms with van der Waals surface area (Å²) in [7, 11) is 1.68. The largest absolute Gasteiger partial charge is 0.380 e. The number of anilines is 1. The van der Waals surface area contributed by atoms with Gasteiger partial charge in [0.05, 0.1) is 13.2 Å². The zero-order valence-corrected chi connectivity index (χ0v) is 12.7. The SMILES string of the molecule is CCN(CC)CCN=C(N)Nc1ccccc1COC. The minimum atomic E-state index is 0.445. The number of nitrogens with one attached hydrogen (secondary N) is 1. The van der Waals surface area contributed by atoms with Gasteiger partial charge in [-0.1, -0.05) is 32.0 Å². The van der Waals surface area contributed by atoms with E-state index in [0.717, 1.165) is 30.9 Å². The molecule has 5 heteroatoms. The van der Waals surface area contributed by atoms with Gasteiger partial charge in [0.25, 0.3) is 0 Å². The fourth-order valence-electron chi connectivity index (χ4n) is 1.95. The van der Waals surface area contributed by atoms with Crippen molar-refractivity contribution in [2.24, 2.45) is 10.7 Å². The summed E-state index contributed by atoms with van der Waals surface area (Å²) in [4.78, 5) is 6.67. The van der Waals surface area contributed by atoms with E-state index in [1.54, 1.807) is 7.11 Å².